The number of aromatic nitrogens is 2. The molecule has 0 aliphatic rings. The van der Waals surface area contributed by atoms with Gasteiger partial charge in [0.25, 0.3) is 0 Å². The van der Waals surface area contributed by atoms with Crippen LogP contribution in [0.4, 0.5) is 0 Å². The molecule has 0 radical (unpaired) electrons. The van der Waals surface area contributed by atoms with Crippen molar-refractivity contribution in [3.8, 4) is 11.1 Å². The highest BCUT2D eigenvalue weighted by molar-refractivity contribution is 5.92. The fourth-order valence-electron chi connectivity index (χ4n) is 3.66. The first-order valence-corrected chi connectivity index (χ1v) is 9.94. The third-order valence-electron chi connectivity index (χ3n) is 5.33. The molecule has 0 saturated heterocycles. The third kappa shape index (κ3) is 3.40. The molecule has 0 aliphatic heterocycles. The molecule has 3 aromatic carbocycles. The average Bonchev–Trinajstić information content (AvgIpc) is 2.64. The lowest BCUT2D eigenvalue weighted by molar-refractivity contribution is 0.568. The van der Waals surface area contributed by atoms with Crippen molar-refractivity contribution in [3.63, 3.8) is 0 Å². The summed E-state index contributed by atoms with van der Waals surface area (Å²) >= 11 is 0. The molecule has 0 unspecified atom stereocenters. The zero-order valence-electron chi connectivity index (χ0n) is 17.7. The Labute approximate surface area is 167 Å². The van der Waals surface area contributed by atoms with Crippen LogP contribution in [0.2, 0.25) is 0 Å². The largest absolute Gasteiger partial charge is 0.253 e. The summed E-state index contributed by atoms with van der Waals surface area (Å²) in [6.45, 7) is 13.3. The minimum Gasteiger partial charge on any atom is -0.253 e. The van der Waals surface area contributed by atoms with Crippen molar-refractivity contribution in [2.24, 2.45) is 0 Å². The number of hydrogen-bond donors (Lipinski definition) is 0. The Kier molecular flexibility index (Phi) is 4.26. The summed E-state index contributed by atoms with van der Waals surface area (Å²) in [6.07, 6.45) is 1.91. The number of hydrogen-bond acceptors (Lipinski definition) is 2. The Morgan fingerprint density at radius 1 is 0.679 bits per heavy atom. The van der Waals surface area contributed by atoms with Crippen molar-refractivity contribution in [1.29, 1.82) is 0 Å². The van der Waals surface area contributed by atoms with Gasteiger partial charge in [0.2, 0.25) is 0 Å². The van der Waals surface area contributed by atoms with E-state index >= 15 is 0 Å². The number of nitrogens with zero attached hydrogens (tertiary/aromatic N) is 2. The van der Waals surface area contributed by atoms with Crippen LogP contribution in [-0.4, -0.2) is 9.97 Å². The summed E-state index contributed by atoms with van der Waals surface area (Å²) in [7, 11) is 0. The van der Waals surface area contributed by atoms with Crippen molar-refractivity contribution < 1.29 is 0 Å². The van der Waals surface area contributed by atoms with E-state index < -0.39 is 0 Å². The first kappa shape index (κ1) is 18.6. The Morgan fingerprint density at radius 3 is 2.11 bits per heavy atom. The number of rotatable bonds is 1. The van der Waals surface area contributed by atoms with Gasteiger partial charge < -0.3 is 0 Å². The van der Waals surface area contributed by atoms with Gasteiger partial charge in [-0.05, 0) is 51.1 Å². The molecule has 0 atom stereocenters. The predicted octanol–water partition coefficient (Wildman–Crippen LogP) is 7.05. The van der Waals surface area contributed by atoms with E-state index in [0.29, 0.717) is 0 Å². The van der Waals surface area contributed by atoms with Crippen LogP contribution in [0, 0.1) is 0 Å². The van der Waals surface area contributed by atoms with E-state index in [2.05, 4.69) is 96.1 Å². The van der Waals surface area contributed by atoms with E-state index in [0.717, 1.165) is 16.7 Å². The van der Waals surface area contributed by atoms with Gasteiger partial charge in [0.15, 0.2) is 0 Å². The summed E-state index contributed by atoms with van der Waals surface area (Å²) in [5.41, 5.74) is 6.79. The van der Waals surface area contributed by atoms with Gasteiger partial charge in [-0.25, -0.2) is 4.98 Å². The van der Waals surface area contributed by atoms with Crippen LogP contribution >= 0.6 is 0 Å². The van der Waals surface area contributed by atoms with Gasteiger partial charge >= 0.3 is 0 Å². The van der Waals surface area contributed by atoms with Gasteiger partial charge in [-0.3, -0.25) is 4.98 Å². The highest BCUT2D eigenvalue weighted by atomic mass is 14.8. The van der Waals surface area contributed by atoms with Crippen molar-refractivity contribution in [3.05, 3.63) is 72.1 Å². The second kappa shape index (κ2) is 6.41. The molecule has 2 nitrogen and oxygen atoms in total. The Bertz CT molecular complexity index is 1170. The first-order chi connectivity index (χ1) is 13.1. The SMILES string of the molecule is CC(C)(C)c1cnc2cc(-c3ccc4cccc(C(C)(C)C)c4c3)ccc2n1. The van der Waals surface area contributed by atoms with Gasteiger partial charge in [0, 0.05) is 11.6 Å². The van der Waals surface area contributed by atoms with Crippen LogP contribution in [0.5, 0.6) is 0 Å². The molecule has 1 aromatic heterocycles. The lowest BCUT2D eigenvalue weighted by atomic mass is 9.83. The van der Waals surface area contributed by atoms with E-state index in [9.17, 15) is 0 Å². The molecule has 0 fully saturated rings. The van der Waals surface area contributed by atoms with Crippen LogP contribution in [0.25, 0.3) is 32.9 Å². The first-order valence-electron chi connectivity index (χ1n) is 9.94. The number of benzene rings is 3. The monoisotopic (exact) mass is 368 g/mol. The molecule has 28 heavy (non-hydrogen) atoms. The van der Waals surface area contributed by atoms with Gasteiger partial charge in [0.1, 0.15) is 0 Å². The molecule has 4 rings (SSSR count). The molecule has 0 saturated carbocycles. The normalized spacial score (nSPS) is 12.6. The van der Waals surface area contributed by atoms with E-state index in [1.807, 2.05) is 6.20 Å². The summed E-state index contributed by atoms with van der Waals surface area (Å²) in [5, 5.41) is 2.60. The van der Waals surface area contributed by atoms with E-state index in [-0.39, 0.29) is 10.8 Å². The molecule has 0 N–H and O–H groups in total. The fraction of sp³-hybridized carbons (Fsp3) is 0.308. The third-order valence-corrected chi connectivity index (χ3v) is 5.33. The van der Waals surface area contributed by atoms with Crippen molar-refractivity contribution >= 4 is 21.8 Å². The maximum Gasteiger partial charge on any atom is 0.0893 e. The summed E-state index contributed by atoms with van der Waals surface area (Å²) < 4.78 is 0. The van der Waals surface area contributed by atoms with Crippen molar-refractivity contribution in [2.75, 3.05) is 0 Å². The van der Waals surface area contributed by atoms with Crippen LogP contribution in [0.1, 0.15) is 52.8 Å². The molecular formula is C26H28N2. The van der Waals surface area contributed by atoms with Crippen molar-refractivity contribution in [1.82, 2.24) is 9.97 Å². The highest BCUT2D eigenvalue weighted by Crippen LogP contribution is 2.33. The van der Waals surface area contributed by atoms with E-state index in [1.54, 1.807) is 0 Å². The van der Waals surface area contributed by atoms with E-state index in [1.165, 1.54) is 27.5 Å². The second-order valence-corrected chi connectivity index (χ2v) is 9.70. The molecule has 4 aromatic rings. The van der Waals surface area contributed by atoms with Crippen LogP contribution < -0.4 is 0 Å². The molecule has 142 valence electrons. The predicted molar refractivity (Wildman–Crippen MR) is 120 cm³/mol. The lowest BCUT2D eigenvalue weighted by Gasteiger charge is -2.22. The topological polar surface area (TPSA) is 25.8 Å². The maximum absolute atomic E-state index is 4.82. The zero-order chi connectivity index (χ0) is 20.1. The second-order valence-electron chi connectivity index (χ2n) is 9.70. The van der Waals surface area contributed by atoms with Crippen LogP contribution in [0.3, 0.4) is 0 Å². The standard InChI is InChI=1S/C26H28N2/c1-25(2,3)21-9-7-8-17-10-11-18(14-20(17)21)19-12-13-22-23(15-19)27-16-24(28-22)26(4,5)6/h7-16H,1-6H3. The minimum absolute atomic E-state index is 0.00155. The quantitative estimate of drug-likeness (QED) is 0.360. The average molecular weight is 369 g/mol. The highest BCUT2D eigenvalue weighted by Gasteiger charge is 2.18. The van der Waals surface area contributed by atoms with Gasteiger partial charge in [-0.1, -0.05) is 77.9 Å². The van der Waals surface area contributed by atoms with Crippen LogP contribution in [-0.2, 0) is 10.8 Å². The Morgan fingerprint density at radius 2 is 1.39 bits per heavy atom. The van der Waals surface area contributed by atoms with Gasteiger partial charge in [-0.2, -0.15) is 0 Å². The Hall–Kier alpha value is -2.74. The summed E-state index contributed by atoms with van der Waals surface area (Å²) in [4.78, 5) is 9.51. The smallest absolute Gasteiger partial charge is 0.0893 e. The Balaban J connectivity index is 1.84. The van der Waals surface area contributed by atoms with Crippen molar-refractivity contribution in [2.45, 2.75) is 52.4 Å². The zero-order valence-corrected chi connectivity index (χ0v) is 17.7. The number of fused-ring (bicyclic) bond motifs is 2. The fourth-order valence-corrected chi connectivity index (χ4v) is 3.66. The molecule has 0 spiro atoms. The lowest BCUT2D eigenvalue weighted by Crippen LogP contribution is -2.13. The molecule has 0 amide bonds. The van der Waals surface area contributed by atoms with Gasteiger partial charge in [0.05, 0.1) is 16.7 Å². The molecule has 0 bridgehead atoms. The minimum atomic E-state index is 0.00155. The summed E-state index contributed by atoms with van der Waals surface area (Å²) in [6, 6.07) is 19.7. The van der Waals surface area contributed by atoms with E-state index in [4.69, 9.17) is 9.97 Å². The summed E-state index contributed by atoms with van der Waals surface area (Å²) in [5.74, 6) is 0. The van der Waals surface area contributed by atoms with Gasteiger partial charge in [-0.15, -0.1) is 0 Å². The molecule has 1 heterocycles. The molecule has 2 heteroatoms. The molecular weight excluding hydrogens is 340 g/mol. The maximum atomic E-state index is 4.82. The van der Waals surface area contributed by atoms with Crippen LogP contribution in [0.15, 0.2) is 60.8 Å². The molecule has 0 aliphatic carbocycles.